The van der Waals surface area contributed by atoms with Crippen molar-refractivity contribution in [1.82, 2.24) is 0 Å². The molecule has 1 aliphatic heterocycles. The minimum Gasteiger partial charge on any atom is -0.385 e. The molecule has 2 N–H and O–H groups in total. The van der Waals surface area contributed by atoms with Crippen LogP contribution in [0.4, 0.5) is 0 Å². The Morgan fingerprint density at radius 2 is 2.60 bits per heavy atom. The Labute approximate surface area is 65.0 Å². The molecule has 10 heavy (non-hydrogen) atoms. The molecule has 0 radical (unpaired) electrons. The second-order valence-electron chi connectivity index (χ2n) is 2.08. The van der Waals surface area contributed by atoms with E-state index in [9.17, 15) is 0 Å². The molecule has 1 aliphatic rings. The van der Waals surface area contributed by atoms with E-state index in [1.165, 1.54) is 0 Å². The Morgan fingerprint density at radius 1 is 1.80 bits per heavy atom. The average molecular weight is 160 g/mol. The largest absolute Gasteiger partial charge is 0.385 e. The molecule has 1 unspecified atom stereocenters. The molecule has 1 rings (SSSR count). The summed E-state index contributed by atoms with van der Waals surface area (Å²) in [6.07, 6.45) is 0.0590. The molecule has 58 valence electrons. The van der Waals surface area contributed by atoms with Crippen molar-refractivity contribution < 1.29 is 4.74 Å². The lowest BCUT2D eigenvalue weighted by Gasteiger charge is -2.21. The van der Waals surface area contributed by atoms with E-state index in [4.69, 9.17) is 10.5 Å². The van der Waals surface area contributed by atoms with Crippen molar-refractivity contribution in [2.45, 2.75) is 6.10 Å². The first-order valence-electron chi connectivity index (χ1n) is 3.26. The first kappa shape index (κ1) is 7.88. The van der Waals surface area contributed by atoms with Gasteiger partial charge in [0, 0.05) is 18.6 Å². The molecule has 0 aromatic rings. The fraction of sp³-hybridized carbons (Fsp3) is 0.833. The van der Waals surface area contributed by atoms with Crippen molar-refractivity contribution in [2.75, 3.05) is 25.2 Å². The summed E-state index contributed by atoms with van der Waals surface area (Å²) in [5.41, 5.74) is 5.56. The minimum absolute atomic E-state index is 0.0590. The lowest BCUT2D eigenvalue weighted by molar-refractivity contribution is 0.120. The summed E-state index contributed by atoms with van der Waals surface area (Å²) < 4.78 is 5.35. The SMILES string of the molecule is CN=C(N)C1CSCCO1. The molecule has 0 aromatic heterocycles. The fourth-order valence-electron chi connectivity index (χ4n) is 0.803. The summed E-state index contributed by atoms with van der Waals surface area (Å²) in [4.78, 5) is 3.87. The predicted molar refractivity (Wildman–Crippen MR) is 44.6 cm³/mol. The first-order chi connectivity index (χ1) is 4.84. The van der Waals surface area contributed by atoms with Gasteiger partial charge < -0.3 is 10.5 Å². The molecule has 0 bridgehead atoms. The number of ether oxygens (including phenoxy) is 1. The molecule has 1 fully saturated rings. The molecule has 1 saturated heterocycles. The fourth-order valence-corrected chi connectivity index (χ4v) is 1.66. The molecule has 4 heteroatoms. The van der Waals surface area contributed by atoms with Crippen LogP contribution in [0.2, 0.25) is 0 Å². The van der Waals surface area contributed by atoms with E-state index in [1.54, 1.807) is 7.05 Å². The van der Waals surface area contributed by atoms with E-state index in [1.807, 2.05) is 11.8 Å². The quantitative estimate of drug-likeness (QED) is 0.437. The zero-order valence-corrected chi connectivity index (χ0v) is 6.86. The van der Waals surface area contributed by atoms with Crippen molar-refractivity contribution >= 4 is 17.6 Å². The Balaban J connectivity index is 2.39. The van der Waals surface area contributed by atoms with Gasteiger partial charge in [0.15, 0.2) is 0 Å². The highest BCUT2D eigenvalue weighted by molar-refractivity contribution is 7.99. The van der Waals surface area contributed by atoms with Gasteiger partial charge in [0.25, 0.3) is 0 Å². The van der Waals surface area contributed by atoms with Crippen molar-refractivity contribution in [1.29, 1.82) is 0 Å². The molecule has 3 nitrogen and oxygen atoms in total. The molecule has 0 aliphatic carbocycles. The first-order valence-corrected chi connectivity index (χ1v) is 4.41. The molecule has 1 atom stereocenters. The maximum Gasteiger partial charge on any atom is 0.124 e. The van der Waals surface area contributed by atoms with Crippen LogP contribution in [-0.2, 0) is 4.74 Å². The molecule has 1 heterocycles. The summed E-state index contributed by atoms with van der Waals surface area (Å²) in [6, 6.07) is 0. The Bertz CT molecular complexity index is 132. The standard InChI is InChI=1S/C6H12N2OS/c1-8-6(7)5-4-10-3-2-9-5/h5H,2-4H2,1H3,(H2,7,8). The van der Waals surface area contributed by atoms with Gasteiger partial charge in [-0.25, -0.2) is 0 Å². The van der Waals surface area contributed by atoms with Crippen LogP contribution in [0.3, 0.4) is 0 Å². The van der Waals surface area contributed by atoms with E-state index in [-0.39, 0.29) is 6.10 Å². The van der Waals surface area contributed by atoms with Crippen LogP contribution < -0.4 is 5.73 Å². The highest BCUT2D eigenvalue weighted by Crippen LogP contribution is 2.12. The number of hydrogen-bond donors (Lipinski definition) is 1. The van der Waals surface area contributed by atoms with Crippen molar-refractivity contribution in [3.63, 3.8) is 0 Å². The molecule has 0 amide bonds. The van der Waals surface area contributed by atoms with Gasteiger partial charge in [-0.05, 0) is 0 Å². The molecular weight excluding hydrogens is 148 g/mol. The number of amidine groups is 1. The van der Waals surface area contributed by atoms with Crippen molar-refractivity contribution in [3.8, 4) is 0 Å². The summed E-state index contributed by atoms with van der Waals surface area (Å²) >= 11 is 1.86. The lowest BCUT2D eigenvalue weighted by atomic mass is 10.4. The Hall–Kier alpha value is -0.220. The second kappa shape index (κ2) is 3.83. The Kier molecular flexibility index (Phi) is 3.02. The van der Waals surface area contributed by atoms with Gasteiger partial charge in [-0.15, -0.1) is 0 Å². The van der Waals surface area contributed by atoms with E-state index >= 15 is 0 Å². The smallest absolute Gasteiger partial charge is 0.124 e. The van der Waals surface area contributed by atoms with Gasteiger partial charge in [0.05, 0.1) is 6.61 Å². The number of rotatable bonds is 1. The van der Waals surface area contributed by atoms with E-state index in [0.29, 0.717) is 5.84 Å². The van der Waals surface area contributed by atoms with Crippen LogP contribution in [0, 0.1) is 0 Å². The van der Waals surface area contributed by atoms with Crippen molar-refractivity contribution in [3.05, 3.63) is 0 Å². The van der Waals surface area contributed by atoms with Crippen LogP contribution in [0.5, 0.6) is 0 Å². The number of aliphatic imine (C=N–C) groups is 1. The van der Waals surface area contributed by atoms with E-state index in [0.717, 1.165) is 18.1 Å². The second-order valence-corrected chi connectivity index (χ2v) is 3.23. The van der Waals surface area contributed by atoms with Gasteiger partial charge in [-0.2, -0.15) is 11.8 Å². The highest BCUT2D eigenvalue weighted by Gasteiger charge is 2.16. The third-order valence-electron chi connectivity index (χ3n) is 1.40. The van der Waals surface area contributed by atoms with E-state index < -0.39 is 0 Å². The normalized spacial score (nSPS) is 28.5. The van der Waals surface area contributed by atoms with Crippen LogP contribution in [0.15, 0.2) is 4.99 Å². The van der Waals surface area contributed by atoms with E-state index in [2.05, 4.69) is 4.99 Å². The van der Waals surface area contributed by atoms with Gasteiger partial charge in [0.1, 0.15) is 11.9 Å². The summed E-state index contributed by atoms with van der Waals surface area (Å²) in [5.74, 6) is 2.64. The van der Waals surface area contributed by atoms with Gasteiger partial charge in [-0.3, -0.25) is 4.99 Å². The zero-order valence-electron chi connectivity index (χ0n) is 6.04. The molecule has 0 saturated carbocycles. The van der Waals surface area contributed by atoms with Gasteiger partial charge >= 0.3 is 0 Å². The van der Waals surface area contributed by atoms with Crippen LogP contribution in [0.25, 0.3) is 0 Å². The van der Waals surface area contributed by atoms with Crippen LogP contribution >= 0.6 is 11.8 Å². The molecular formula is C6H12N2OS. The molecule has 0 spiro atoms. The highest BCUT2D eigenvalue weighted by atomic mass is 32.2. The van der Waals surface area contributed by atoms with Gasteiger partial charge in [-0.1, -0.05) is 0 Å². The number of hydrogen-bond acceptors (Lipinski definition) is 3. The topological polar surface area (TPSA) is 47.6 Å². The predicted octanol–water partition coefficient (Wildman–Crippen LogP) is 0.105. The maximum absolute atomic E-state index is 5.56. The molecule has 0 aromatic carbocycles. The van der Waals surface area contributed by atoms with Crippen LogP contribution in [0.1, 0.15) is 0 Å². The lowest BCUT2D eigenvalue weighted by Crippen LogP contribution is -2.36. The number of nitrogens with zero attached hydrogens (tertiary/aromatic N) is 1. The monoisotopic (exact) mass is 160 g/mol. The summed E-state index contributed by atoms with van der Waals surface area (Å²) in [6.45, 7) is 0.797. The average Bonchev–Trinajstić information content (AvgIpc) is 2.05. The summed E-state index contributed by atoms with van der Waals surface area (Å²) in [7, 11) is 1.69. The van der Waals surface area contributed by atoms with Crippen LogP contribution in [-0.4, -0.2) is 37.1 Å². The number of nitrogens with two attached hydrogens (primary N) is 1. The Morgan fingerprint density at radius 3 is 3.10 bits per heavy atom. The maximum atomic E-state index is 5.56. The third-order valence-corrected chi connectivity index (χ3v) is 2.40. The minimum atomic E-state index is 0.0590. The van der Waals surface area contributed by atoms with Gasteiger partial charge in [0.2, 0.25) is 0 Å². The third kappa shape index (κ3) is 1.88. The zero-order chi connectivity index (χ0) is 7.40. The number of thioether (sulfide) groups is 1. The summed E-state index contributed by atoms with van der Waals surface area (Å²) in [5, 5.41) is 0. The van der Waals surface area contributed by atoms with Crippen molar-refractivity contribution in [2.24, 2.45) is 10.7 Å².